The maximum atomic E-state index is 13.0. The van der Waals surface area contributed by atoms with Crippen molar-refractivity contribution in [3.05, 3.63) is 58.6 Å². The minimum Gasteiger partial charge on any atom is -0.444 e. The van der Waals surface area contributed by atoms with Gasteiger partial charge in [0.1, 0.15) is 11.6 Å². The van der Waals surface area contributed by atoms with E-state index in [1.807, 2.05) is 62.4 Å². The third kappa shape index (κ3) is 7.71. The van der Waals surface area contributed by atoms with Crippen LogP contribution in [0.4, 0.5) is 16.2 Å². The van der Waals surface area contributed by atoms with E-state index in [-0.39, 0.29) is 11.8 Å². The van der Waals surface area contributed by atoms with Crippen LogP contribution in [0.1, 0.15) is 40.2 Å². The van der Waals surface area contributed by atoms with Gasteiger partial charge in [0.2, 0.25) is 5.91 Å². The largest absolute Gasteiger partial charge is 0.444 e. The summed E-state index contributed by atoms with van der Waals surface area (Å²) in [7, 11) is 0. The Kier molecular flexibility index (Phi) is 8.29. The molecule has 7 heteroatoms. The van der Waals surface area contributed by atoms with Crippen LogP contribution in [0.2, 0.25) is 0 Å². The number of rotatable bonds is 7. The highest BCUT2D eigenvalue weighted by Gasteiger charge is 2.27. The summed E-state index contributed by atoms with van der Waals surface area (Å²) in [6.07, 6.45) is -0.618. The minimum atomic E-state index is -0.735. The van der Waals surface area contributed by atoms with Gasteiger partial charge in [0.15, 0.2) is 0 Å². The molecule has 1 atom stereocenters. The second-order valence-corrected chi connectivity index (χ2v) is 9.30. The van der Waals surface area contributed by atoms with Gasteiger partial charge in [-0.15, -0.1) is 0 Å². The molecule has 6 nitrogen and oxygen atoms in total. The highest BCUT2D eigenvalue weighted by molar-refractivity contribution is 9.10. The number of amides is 2. The quantitative estimate of drug-likeness (QED) is 0.490. The second kappa shape index (κ2) is 10.5. The number of hydrogen-bond donors (Lipinski definition) is 3. The van der Waals surface area contributed by atoms with Gasteiger partial charge in [-0.3, -0.25) is 4.79 Å². The summed E-state index contributed by atoms with van der Waals surface area (Å²) >= 11 is 3.45. The van der Waals surface area contributed by atoms with Crippen LogP contribution in [0.15, 0.2) is 53.0 Å². The summed E-state index contributed by atoms with van der Waals surface area (Å²) < 4.78 is 6.14. The molecule has 2 aromatic rings. The number of alkyl carbamates (subject to hydrolysis) is 1. The molecule has 0 aliphatic heterocycles. The third-order valence-electron chi connectivity index (χ3n) is 4.19. The van der Waals surface area contributed by atoms with Gasteiger partial charge < -0.3 is 20.7 Å². The molecular formula is C23H30BrN3O3. The molecule has 30 heavy (non-hydrogen) atoms. The van der Waals surface area contributed by atoms with Gasteiger partial charge in [0.25, 0.3) is 0 Å². The molecule has 3 N–H and O–H groups in total. The Morgan fingerprint density at radius 2 is 1.70 bits per heavy atom. The van der Waals surface area contributed by atoms with E-state index >= 15 is 0 Å². The van der Waals surface area contributed by atoms with E-state index < -0.39 is 17.7 Å². The van der Waals surface area contributed by atoms with Crippen molar-refractivity contribution in [2.24, 2.45) is 5.92 Å². The zero-order valence-electron chi connectivity index (χ0n) is 18.1. The number of nitrogens with one attached hydrogen (secondary N) is 3. The lowest BCUT2D eigenvalue weighted by molar-refractivity contribution is -0.119. The van der Waals surface area contributed by atoms with Crippen LogP contribution >= 0.6 is 15.9 Å². The molecule has 0 aliphatic carbocycles. The Hall–Kier alpha value is -2.54. The molecule has 0 aromatic heterocycles. The molecule has 0 unspecified atom stereocenters. The first-order chi connectivity index (χ1) is 14.0. The van der Waals surface area contributed by atoms with Gasteiger partial charge in [0, 0.05) is 11.0 Å². The summed E-state index contributed by atoms with van der Waals surface area (Å²) in [5, 5.41) is 8.97. The van der Waals surface area contributed by atoms with Gasteiger partial charge in [-0.1, -0.05) is 60.1 Å². The molecule has 0 heterocycles. The number of hydrogen-bond acceptors (Lipinski definition) is 4. The van der Waals surface area contributed by atoms with Crippen molar-refractivity contribution in [1.82, 2.24) is 5.32 Å². The SMILES string of the molecule is CC(C)[C@@H](NC(=O)OC(C)(C)C)C(=O)Nc1cc(Br)ccc1NCc1ccccc1. The van der Waals surface area contributed by atoms with Gasteiger partial charge in [-0.05, 0) is 50.5 Å². The van der Waals surface area contributed by atoms with Crippen LogP contribution in [-0.4, -0.2) is 23.6 Å². The average molecular weight is 476 g/mol. The zero-order chi connectivity index (χ0) is 22.3. The smallest absolute Gasteiger partial charge is 0.408 e. The molecule has 0 radical (unpaired) electrons. The Morgan fingerprint density at radius 3 is 2.30 bits per heavy atom. The van der Waals surface area contributed by atoms with Crippen molar-refractivity contribution in [3.63, 3.8) is 0 Å². The zero-order valence-corrected chi connectivity index (χ0v) is 19.7. The molecule has 162 valence electrons. The highest BCUT2D eigenvalue weighted by atomic mass is 79.9. The van der Waals surface area contributed by atoms with Crippen LogP contribution in [0.25, 0.3) is 0 Å². The summed E-state index contributed by atoms with van der Waals surface area (Å²) in [4.78, 5) is 25.1. The van der Waals surface area contributed by atoms with E-state index in [9.17, 15) is 9.59 Å². The topological polar surface area (TPSA) is 79.5 Å². The Morgan fingerprint density at radius 1 is 1.03 bits per heavy atom. The lowest BCUT2D eigenvalue weighted by Gasteiger charge is -2.25. The fourth-order valence-electron chi connectivity index (χ4n) is 2.75. The van der Waals surface area contributed by atoms with Crippen LogP contribution < -0.4 is 16.0 Å². The molecular weight excluding hydrogens is 446 g/mol. The van der Waals surface area contributed by atoms with Crippen molar-refractivity contribution in [3.8, 4) is 0 Å². The Labute approximate surface area is 186 Å². The third-order valence-corrected chi connectivity index (χ3v) is 4.68. The lowest BCUT2D eigenvalue weighted by atomic mass is 10.0. The second-order valence-electron chi connectivity index (χ2n) is 8.39. The molecule has 0 aliphatic rings. The van der Waals surface area contributed by atoms with Gasteiger partial charge in [-0.25, -0.2) is 4.79 Å². The van der Waals surface area contributed by atoms with Gasteiger partial charge in [0.05, 0.1) is 11.4 Å². The molecule has 2 rings (SSSR count). The monoisotopic (exact) mass is 475 g/mol. The maximum Gasteiger partial charge on any atom is 0.408 e. The standard InChI is InChI=1S/C23H30BrN3O3/c1-15(2)20(27-22(29)30-23(3,4)5)21(28)26-19-13-17(24)11-12-18(19)25-14-16-9-7-6-8-10-16/h6-13,15,20,25H,14H2,1-5H3,(H,26,28)(H,27,29)/t20-/m1/s1. The van der Waals surface area contributed by atoms with E-state index in [2.05, 4.69) is 31.9 Å². The fraction of sp³-hybridized carbons (Fsp3) is 0.391. The van der Waals surface area contributed by atoms with E-state index in [0.29, 0.717) is 12.2 Å². The van der Waals surface area contributed by atoms with E-state index in [1.54, 1.807) is 20.8 Å². The van der Waals surface area contributed by atoms with Crippen molar-refractivity contribution in [1.29, 1.82) is 0 Å². The number of halogens is 1. The van der Waals surface area contributed by atoms with Gasteiger partial charge in [-0.2, -0.15) is 0 Å². The van der Waals surface area contributed by atoms with Crippen molar-refractivity contribution in [2.75, 3.05) is 10.6 Å². The maximum absolute atomic E-state index is 13.0. The number of carbonyl (C=O) groups is 2. The summed E-state index contributed by atoms with van der Waals surface area (Å²) in [5.74, 6) is -0.429. The van der Waals surface area contributed by atoms with Crippen molar-refractivity contribution >= 4 is 39.3 Å². The molecule has 0 saturated carbocycles. The highest BCUT2D eigenvalue weighted by Crippen LogP contribution is 2.27. The number of carbonyl (C=O) groups excluding carboxylic acids is 2. The Bertz CT molecular complexity index is 864. The average Bonchev–Trinajstić information content (AvgIpc) is 2.64. The molecule has 2 amide bonds. The van der Waals surface area contributed by atoms with Crippen molar-refractivity contribution in [2.45, 2.75) is 52.8 Å². The van der Waals surface area contributed by atoms with Crippen LogP contribution in [0, 0.1) is 5.92 Å². The first-order valence-corrected chi connectivity index (χ1v) is 10.7. The minimum absolute atomic E-state index is 0.120. The van der Waals surface area contributed by atoms with E-state index in [0.717, 1.165) is 15.7 Å². The summed E-state index contributed by atoms with van der Waals surface area (Å²) in [5.41, 5.74) is 1.91. The van der Waals surface area contributed by atoms with Crippen LogP contribution in [0.5, 0.6) is 0 Å². The molecule has 0 fully saturated rings. The molecule has 0 bridgehead atoms. The number of anilines is 2. The lowest BCUT2D eigenvalue weighted by Crippen LogP contribution is -2.48. The number of benzene rings is 2. The van der Waals surface area contributed by atoms with E-state index in [1.165, 1.54) is 0 Å². The number of ether oxygens (including phenoxy) is 1. The van der Waals surface area contributed by atoms with Gasteiger partial charge >= 0.3 is 6.09 Å². The summed E-state index contributed by atoms with van der Waals surface area (Å²) in [6, 6.07) is 14.9. The van der Waals surface area contributed by atoms with Crippen molar-refractivity contribution < 1.29 is 14.3 Å². The molecule has 0 spiro atoms. The fourth-order valence-corrected chi connectivity index (χ4v) is 3.11. The summed E-state index contributed by atoms with van der Waals surface area (Å²) in [6.45, 7) is 9.71. The predicted octanol–water partition coefficient (Wildman–Crippen LogP) is 5.55. The van der Waals surface area contributed by atoms with E-state index in [4.69, 9.17) is 4.74 Å². The van der Waals surface area contributed by atoms with Crippen LogP contribution in [-0.2, 0) is 16.1 Å². The first-order valence-electron chi connectivity index (χ1n) is 9.93. The molecule has 0 saturated heterocycles. The molecule has 2 aromatic carbocycles. The normalized spacial score (nSPS) is 12.2. The Balaban J connectivity index is 2.12. The predicted molar refractivity (Wildman–Crippen MR) is 125 cm³/mol. The van der Waals surface area contributed by atoms with Crippen LogP contribution in [0.3, 0.4) is 0 Å². The first kappa shape index (κ1) is 23.7.